The van der Waals surface area contributed by atoms with Gasteiger partial charge in [-0.15, -0.1) is 0 Å². The number of carboxylic acids is 1. The molecule has 1 unspecified atom stereocenters. The summed E-state index contributed by atoms with van der Waals surface area (Å²) in [6, 6.07) is 0. The summed E-state index contributed by atoms with van der Waals surface area (Å²) in [5, 5.41) is 8.67. The fourth-order valence-electron chi connectivity index (χ4n) is 0.969. The van der Waals surface area contributed by atoms with E-state index in [1.807, 2.05) is 0 Å². The summed E-state index contributed by atoms with van der Waals surface area (Å²) in [6.07, 6.45) is 1.05. The van der Waals surface area contributed by atoms with Crippen LogP contribution in [0, 0.1) is 5.92 Å². The molecule has 0 aliphatic carbocycles. The quantitative estimate of drug-likeness (QED) is 0.654. The Morgan fingerprint density at radius 2 is 2.07 bits per heavy atom. The molecule has 0 heterocycles. The summed E-state index contributed by atoms with van der Waals surface area (Å²) in [5.41, 5.74) is 0. The molecular formula is C8H17NO5S. The molecule has 0 aromatic carbocycles. The fourth-order valence-corrected chi connectivity index (χ4v) is 1.87. The van der Waals surface area contributed by atoms with Gasteiger partial charge in [-0.1, -0.05) is 6.92 Å². The summed E-state index contributed by atoms with van der Waals surface area (Å²) in [7, 11) is -1.92. The van der Waals surface area contributed by atoms with Crippen LogP contribution in [-0.2, 0) is 19.6 Å². The molecule has 0 fully saturated rings. The highest BCUT2D eigenvalue weighted by Gasteiger charge is 2.22. The van der Waals surface area contributed by atoms with E-state index in [9.17, 15) is 13.2 Å². The molecule has 0 spiro atoms. The lowest BCUT2D eigenvalue weighted by Crippen LogP contribution is -2.38. The van der Waals surface area contributed by atoms with E-state index >= 15 is 0 Å². The summed E-state index contributed by atoms with van der Waals surface area (Å²) in [4.78, 5) is 10.6. The van der Waals surface area contributed by atoms with Crippen LogP contribution in [0.3, 0.4) is 0 Å². The van der Waals surface area contributed by atoms with Crippen LogP contribution >= 0.6 is 0 Å². The van der Waals surface area contributed by atoms with Gasteiger partial charge >= 0.3 is 5.97 Å². The Bertz CT molecular complexity index is 300. The lowest BCUT2D eigenvalue weighted by Gasteiger charge is -2.21. The van der Waals surface area contributed by atoms with Crippen LogP contribution in [0.2, 0.25) is 0 Å². The average Bonchev–Trinajstić information content (AvgIpc) is 2.09. The minimum atomic E-state index is -3.38. The predicted molar refractivity (Wildman–Crippen MR) is 55.1 cm³/mol. The van der Waals surface area contributed by atoms with Crippen LogP contribution in [-0.4, -0.2) is 56.9 Å². The standard InChI is InChI=1S/C8H17NO5S/c1-7(8(10)11)6-9(4-5-14-2)15(3,12)13/h7H,4-6H2,1-3H3,(H,10,11). The van der Waals surface area contributed by atoms with E-state index in [4.69, 9.17) is 9.84 Å². The third-order valence-electron chi connectivity index (χ3n) is 1.91. The van der Waals surface area contributed by atoms with Crippen molar-refractivity contribution >= 4 is 16.0 Å². The van der Waals surface area contributed by atoms with Crippen LogP contribution in [0.4, 0.5) is 0 Å². The van der Waals surface area contributed by atoms with Gasteiger partial charge in [0.2, 0.25) is 10.0 Å². The first kappa shape index (κ1) is 14.3. The van der Waals surface area contributed by atoms with Gasteiger partial charge in [-0.05, 0) is 0 Å². The third-order valence-corrected chi connectivity index (χ3v) is 3.18. The number of hydrogen-bond donors (Lipinski definition) is 1. The van der Waals surface area contributed by atoms with E-state index in [1.54, 1.807) is 0 Å². The fraction of sp³-hybridized carbons (Fsp3) is 0.875. The lowest BCUT2D eigenvalue weighted by atomic mass is 10.2. The summed E-state index contributed by atoms with van der Waals surface area (Å²) in [6.45, 7) is 1.86. The molecule has 7 heteroatoms. The summed E-state index contributed by atoms with van der Waals surface area (Å²) in [5.74, 6) is -1.74. The number of rotatable bonds is 7. The molecule has 0 aromatic rings. The molecule has 0 amide bonds. The number of sulfonamides is 1. The largest absolute Gasteiger partial charge is 0.481 e. The molecule has 0 aliphatic heterocycles. The van der Waals surface area contributed by atoms with E-state index in [1.165, 1.54) is 14.0 Å². The molecule has 0 radical (unpaired) electrons. The maximum Gasteiger partial charge on any atom is 0.307 e. The second-order valence-corrected chi connectivity index (χ2v) is 5.34. The normalized spacial score (nSPS) is 14.1. The highest BCUT2D eigenvalue weighted by molar-refractivity contribution is 7.88. The first-order valence-electron chi connectivity index (χ1n) is 4.46. The lowest BCUT2D eigenvalue weighted by molar-refractivity contribution is -0.141. The van der Waals surface area contributed by atoms with Gasteiger partial charge in [0, 0.05) is 20.2 Å². The zero-order chi connectivity index (χ0) is 12.1. The highest BCUT2D eigenvalue weighted by Crippen LogP contribution is 2.04. The minimum Gasteiger partial charge on any atom is -0.481 e. The van der Waals surface area contributed by atoms with Gasteiger partial charge in [0.25, 0.3) is 0 Å². The Morgan fingerprint density at radius 3 is 2.40 bits per heavy atom. The summed E-state index contributed by atoms with van der Waals surface area (Å²) < 4.78 is 28.4. The minimum absolute atomic E-state index is 0.0302. The Morgan fingerprint density at radius 1 is 1.53 bits per heavy atom. The molecular weight excluding hydrogens is 222 g/mol. The molecule has 15 heavy (non-hydrogen) atoms. The van der Waals surface area contributed by atoms with Crippen LogP contribution in [0.1, 0.15) is 6.92 Å². The van der Waals surface area contributed by atoms with Gasteiger partial charge in [0.05, 0.1) is 18.8 Å². The molecule has 1 N–H and O–H groups in total. The summed E-state index contributed by atoms with van der Waals surface area (Å²) >= 11 is 0. The van der Waals surface area contributed by atoms with E-state index < -0.39 is 21.9 Å². The predicted octanol–water partition coefficient (Wildman–Crippen LogP) is -0.385. The number of methoxy groups -OCH3 is 1. The maximum absolute atomic E-state index is 11.3. The average molecular weight is 239 g/mol. The van der Waals surface area contributed by atoms with Gasteiger partial charge in [0.1, 0.15) is 0 Å². The molecule has 0 saturated carbocycles. The number of nitrogens with zero attached hydrogens (tertiary/aromatic N) is 1. The molecule has 0 aliphatic rings. The van der Waals surface area contributed by atoms with Gasteiger partial charge in [-0.2, -0.15) is 4.31 Å². The van der Waals surface area contributed by atoms with Gasteiger partial charge in [-0.3, -0.25) is 4.79 Å². The smallest absolute Gasteiger partial charge is 0.307 e. The first-order chi connectivity index (χ1) is 6.79. The Kier molecular flexibility index (Phi) is 5.77. The van der Waals surface area contributed by atoms with Crippen LogP contribution < -0.4 is 0 Å². The second-order valence-electron chi connectivity index (χ2n) is 3.35. The zero-order valence-corrected chi connectivity index (χ0v) is 9.95. The van der Waals surface area contributed by atoms with Crippen LogP contribution in [0.15, 0.2) is 0 Å². The van der Waals surface area contributed by atoms with Gasteiger partial charge in [-0.25, -0.2) is 8.42 Å². The van der Waals surface area contributed by atoms with Crippen molar-refractivity contribution in [3.63, 3.8) is 0 Å². The number of hydrogen-bond acceptors (Lipinski definition) is 4. The maximum atomic E-state index is 11.3. The Balaban J connectivity index is 4.45. The zero-order valence-electron chi connectivity index (χ0n) is 9.13. The van der Waals surface area contributed by atoms with E-state index in [-0.39, 0.29) is 19.7 Å². The highest BCUT2D eigenvalue weighted by atomic mass is 32.2. The third kappa shape index (κ3) is 5.71. The molecule has 6 nitrogen and oxygen atoms in total. The van der Waals surface area contributed by atoms with Crippen LogP contribution in [0.5, 0.6) is 0 Å². The Labute approximate surface area is 89.9 Å². The van der Waals surface area contributed by atoms with Crippen molar-refractivity contribution in [2.45, 2.75) is 6.92 Å². The van der Waals surface area contributed by atoms with Crippen molar-refractivity contribution in [1.82, 2.24) is 4.31 Å². The van der Waals surface area contributed by atoms with Crippen molar-refractivity contribution in [2.24, 2.45) is 5.92 Å². The van der Waals surface area contributed by atoms with E-state index in [2.05, 4.69) is 0 Å². The number of carboxylic acid groups (broad SMARTS) is 1. The van der Waals surface area contributed by atoms with Gasteiger partial charge < -0.3 is 9.84 Å². The molecule has 90 valence electrons. The van der Waals surface area contributed by atoms with Gasteiger partial charge in [0.15, 0.2) is 0 Å². The molecule has 0 rings (SSSR count). The molecule has 0 saturated heterocycles. The molecule has 0 bridgehead atoms. The second kappa shape index (κ2) is 6.04. The van der Waals surface area contributed by atoms with Crippen molar-refractivity contribution in [1.29, 1.82) is 0 Å². The van der Waals surface area contributed by atoms with Crippen molar-refractivity contribution in [3.05, 3.63) is 0 Å². The SMILES string of the molecule is COCCN(CC(C)C(=O)O)S(C)(=O)=O. The van der Waals surface area contributed by atoms with Crippen LogP contribution in [0.25, 0.3) is 0 Å². The number of ether oxygens (including phenoxy) is 1. The van der Waals surface area contributed by atoms with Crippen molar-refractivity contribution in [3.8, 4) is 0 Å². The topological polar surface area (TPSA) is 83.9 Å². The molecule has 0 aromatic heterocycles. The Hall–Kier alpha value is -0.660. The van der Waals surface area contributed by atoms with Crippen molar-refractivity contribution < 1.29 is 23.1 Å². The number of aliphatic carboxylic acids is 1. The van der Waals surface area contributed by atoms with E-state index in [0.717, 1.165) is 10.6 Å². The molecule has 1 atom stereocenters. The monoisotopic (exact) mass is 239 g/mol. The first-order valence-corrected chi connectivity index (χ1v) is 6.30. The van der Waals surface area contributed by atoms with Crippen molar-refractivity contribution in [2.75, 3.05) is 33.1 Å². The van der Waals surface area contributed by atoms with E-state index in [0.29, 0.717) is 0 Å². The number of carbonyl (C=O) groups is 1.